The molecule has 0 saturated carbocycles. The summed E-state index contributed by atoms with van der Waals surface area (Å²) in [5.41, 5.74) is -0.359. The second-order valence-electron chi connectivity index (χ2n) is 5.14. The van der Waals surface area contributed by atoms with Gasteiger partial charge in [0, 0.05) is 0 Å². The first-order chi connectivity index (χ1) is 12.3. The number of sulfone groups is 1. The Labute approximate surface area is 149 Å². The first-order valence-electron chi connectivity index (χ1n) is 7.42. The van der Waals surface area contributed by atoms with Crippen molar-refractivity contribution in [2.45, 2.75) is 11.3 Å². The number of aromatic hydroxyl groups is 1. The number of carboxylic acid groups (broad SMARTS) is 1. The van der Waals surface area contributed by atoms with E-state index in [1.807, 2.05) is 0 Å². The summed E-state index contributed by atoms with van der Waals surface area (Å²) < 4.78 is 33.9. The number of benzene rings is 2. The van der Waals surface area contributed by atoms with Crippen molar-refractivity contribution in [2.24, 2.45) is 0 Å². The van der Waals surface area contributed by atoms with Crippen LogP contribution in [0.15, 0.2) is 53.4 Å². The second-order valence-corrected chi connectivity index (χ2v) is 7.25. The summed E-state index contributed by atoms with van der Waals surface area (Å²) in [7, 11) is -3.59. The maximum Gasteiger partial charge on any atom is 0.339 e. The van der Waals surface area contributed by atoms with Gasteiger partial charge in [0.05, 0.1) is 17.1 Å². The van der Waals surface area contributed by atoms with Crippen LogP contribution in [0.25, 0.3) is 0 Å². The van der Waals surface area contributed by atoms with Crippen LogP contribution in [0, 0.1) is 0 Å². The summed E-state index contributed by atoms with van der Waals surface area (Å²) in [6.07, 6.45) is -0.351. The molecule has 0 saturated heterocycles. The predicted octanol–water partition coefficient (Wildman–Crippen LogP) is 1.83. The first kappa shape index (κ1) is 19.3. The third-order valence-electron chi connectivity index (χ3n) is 3.32. The van der Waals surface area contributed by atoms with Crippen LogP contribution in [0.1, 0.15) is 16.8 Å². The van der Waals surface area contributed by atoms with E-state index in [4.69, 9.17) is 14.6 Å². The van der Waals surface area contributed by atoms with Crippen LogP contribution < -0.4 is 4.74 Å². The van der Waals surface area contributed by atoms with Crippen molar-refractivity contribution in [1.29, 1.82) is 0 Å². The number of rotatable bonds is 8. The van der Waals surface area contributed by atoms with Gasteiger partial charge in [0.25, 0.3) is 0 Å². The molecule has 0 unspecified atom stereocenters. The molecule has 0 aliphatic carbocycles. The van der Waals surface area contributed by atoms with Gasteiger partial charge in [-0.3, -0.25) is 4.79 Å². The van der Waals surface area contributed by atoms with Gasteiger partial charge < -0.3 is 19.7 Å². The van der Waals surface area contributed by atoms with Gasteiger partial charge in [0.1, 0.15) is 17.1 Å². The molecule has 0 bridgehead atoms. The standard InChI is InChI=1S/C17H16O8S/c18-15-7-6-12(10-14(15)17(20)21)24-11-25-16(19)8-9-26(22,23)13-4-2-1-3-5-13/h1-7,10,18H,8-9,11H2,(H,20,21). The van der Waals surface area contributed by atoms with Gasteiger partial charge in [0.2, 0.25) is 6.79 Å². The SMILES string of the molecule is O=C(CCS(=O)(=O)c1ccccc1)OCOc1ccc(O)c(C(=O)O)c1. The molecule has 0 amide bonds. The van der Waals surface area contributed by atoms with Gasteiger partial charge in [-0.15, -0.1) is 0 Å². The number of hydrogen-bond acceptors (Lipinski definition) is 7. The zero-order valence-electron chi connectivity index (χ0n) is 13.5. The molecule has 0 heterocycles. The van der Waals surface area contributed by atoms with Crippen molar-refractivity contribution in [1.82, 2.24) is 0 Å². The van der Waals surface area contributed by atoms with Crippen molar-refractivity contribution in [3.63, 3.8) is 0 Å². The Morgan fingerprint density at radius 1 is 1.04 bits per heavy atom. The summed E-state index contributed by atoms with van der Waals surface area (Å²) in [5.74, 6) is -2.87. The zero-order valence-corrected chi connectivity index (χ0v) is 14.3. The molecule has 2 N–H and O–H groups in total. The van der Waals surface area contributed by atoms with E-state index >= 15 is 0 Å². The molecule has 0 atom stereocenters. The monoisotopic (exact) mass is 380 g/mol. The van der Waals surface area contributed by atoms with Crippen molar-refractivity contribution < 1.29 is 37.7 Å². The average molecular weight is 380 g/mol. The van der Waals surface area contributed by atoms with E-state index in [-0.39, 0.29) is 22.6 Å². The van der Waals surface area contributed by atoms with Crippen LogP contribution in [-0.2, 0) is 19.4 Å². The summed E-state index contributed by atoms with van der Waals surface area (Å²) in [6.45, 7) is -0.520. The van der Waals surface area contributed by atoms with Crippen LogP contribution in [0.4, 0.5) is 0 Å². The number of carbonyl (C=O) groups excluding carboxylic acids is 1. The Morgan fingerprint density at radius 3 is 2.38 bits per heavy atom. The highest BCUT2D eigenvalue weighted by molar-refractivity contribution is 7.91. The predicted molar refractivity (Wildman–Crippen MR) is 89.8 cm³/mol. The van der Waals surface area contributed by atoms with Gasteiger partial charge in [0.15, 0.2) is 9.84 Å². The highest BCUT2D eigenvalue weighted by Crippen LogP contribution is 2.23. The van der Waals surface area contributed by atoms with Gasteiger partial charge >= 0.3 is 11.9 Å². The molecule has 0 aromatic heterocycles. The molecule has 0 aliphatic heterocycles. The maximum atomic E-state index is 12.0. The fraction of sp³-hybridized carbons (Fsp3) is 0.176. The van der Waals surface area contributed by atoms with Crippen LogP contribution in [0.3, 0.4) is 0 Å². The molecule has 8 nitrogen and oxygen atoms in total. The van der Waals surface area contributed by atoms with E-state index in [2.05, 4.69) is 0 Å². The lowest BCUT2D eigenvalue weighted by atomic mass is 10.2. The van der Waals surface area contributed by atoms with Crippen molar-refractivity contribution in [3.8, 4) is 11.5 Å². The molecule has 0 aliphatic rings. The molecular formula is C17H16O8S. The highest BCUT2D eigenvalue weighted by Gasteiger charge is 2.17. The smallest absolute Gasteiger partial charge is 0.339 e. The molecule has 138 valence electrons. The summed E-state index contributed by atoms with van der Waals surface area (Å²) >= 11 is 0. The van der Waals surface area contributed by atoms with Crippen LogP contribution in [-0.4, -0.2) is 43.1 Å². The number of aromatic carboxylic acids is 1. The fourth-order valence-corrected chi connectivity index (χ4v) is 3.22. The minimum Gasteiger partial charge on any atom is -0.507 e. The van der Waals surface area contributed by atoms with Crippen LogP contribution in [0.5, 0.6) is 11.5 Å². The fourth-order valence-electron chi connectivity index (χ4n) is 1.98. The normalized spacial score (nSPS) is 10.9. The maximum absolute atomic E-state index is 12.0. The number of carbonyl (C=O) groups is 2. The Bertz CT molecular complexity index is 890. The summed E-state index contributed by atoms with van der Waals surface area (Å²) in [6, 6.07) is 11.2. The van der Waals surface area contributed by atoms with E-state index in [1.165, 1.54) is 18.2 Å². The number of hydrogen-bond donors (Lipinski definition) is 2. The number of esters is 1. The minimum atomic E-state index is -3.59. The van der Waals surface area contributed by atoms with E-state index in [0.717, 1.165) is 12.1 Å². The van der Waals surface area contributed by atoms with Gasteiger partial charge in [-0.2, -0.15) is 0 Å². The van der Waals surface area contributed by atoms with Gasteiger partial charge in [-0.05, 0) is 30.3 Å². The Hall–Kier alpha value is -3.07. The summed E-state index contributed by atoms with van der Waals surface area (Å²) in [5, 5.41) is 18.3. The third-order valence-corrected chi connectivity index (χ3v) is 5.05. The average Bonchev–Trinajstić information content (AvgIpc) is 2.62. The second kappa shape index (κ2) is 8.34. The number of ether oxygens (including phenoxy) is 2. The van der Waals surface area contributed by atoms with Crippen molar-refractivity contribution >= 4 is 21.8 Å². The molecule has 0 fully saturated rings. The van der Waals surface area contributed by atoms with Crippen LogP contribution in [0.2, 0.25) is 0 Å². The minimum absolute atomic E-state index is 0.0740. The Kier molecular flexibility index (Phi) is 6.18. The molecule has 2 aromatic carbocycles. The van der Waals surface area contributed by atoms with Gasteiger partial charge in [-0.1, -0.05) is 18.2 Å². The molecule has 0 spiro atoms. The largest absolute Gasteiger partial charge is 0.507 e. The number of phenols is 1. The first-order valence-corrected chi connectivity index (χ1v) is 9.07. The lowest BCUT2D eigenvalue weighted by Gasteiger charge is -2.09. The molecule has 0 radical (unpaired) electrons. The lowest BCUT2D eigenvalue weighted by Crippen LogP contribution is -2.16. The Morgan fingerprint density at radius 2 is 1.73 bits per heavy atom. The molecule has 2 rings (SSSR count). The molecular weight excluding hydrogens is 364 g/mol. The molecule has 26 heavy (non-hydrogen) atoms. The van der Waals surface area contributed by atoms with E-state index < -0.39 is 40.1 Å². The summed E-state index contributed by atoms with van der Waals surface area (Å²) in [4.78, 5) is 22.7. The van der Waals surface area contributed by atoms with E-state index in [1.54, 1.807) is 18.2 Å². The van der Waals surface area contributed by atoms with Crippen LogP contribution >= 0.6 is 0 Å². The third kappa shape index (κ3) is 5.21. The highest BCUT2D eigenvalue weighted by atomic mass is 32.2. The molecule has 9 heteroatoms. The van der Waals surface area contributed by atoms with Gasteiger partial charge in [-0.25, -0.2) is 13.2 Å². The molecule has 2 aromatic rings. The Balaban J connectivity index is 1.83. The van der Waals surface area contributed by atoms with Crippen molar-refractivity contribution in [2.75, 3.05) is 12.5 Å². The van der Waals surface area contributed by atoms with E-state index in [0.29, 0.717) is 0 Å². The lowest BCUT2D eigenvalue weighted by molar-refractivity contribution is -0.149. The quantitative estimate of drug-likeness (QED) is 0.524. The van der Waals surface area contributed by atoms with E-state index in [9.17, 15) is 23.1 Å². The zero-order chi connectivity index (χ0) is 19.2. The van der Waals surface area contributed by atoms with Crippen molar-refractivity contribution in [3.05, 3.63) is 54.1 Å². The number of carboxylic acids is 1. The topological polar surface area (TPSA) is 127 Å².